The molecule has 61 heavy (non-hydrogen) atoms. The fourth-order valence-corrected chi connectivity index (χ4v) is 8.25. The number of aliphatic carboxylic acids is 1. The van der Waals surface area contributed by atoms with Crippen LogP contribution < -0.4 is 10.6 Å². The third-order valence-electron chi connectivity index (χ3n) is 11.9. The predicted octanol–water partition coefficient (Wildman–Crippen LogP) is 13.1. The molecule has 0 aromatic heterocycles. The van der Waals surface area contributed by atoms with Gasteiger partial charge in [-0.25, -0.2) is 9.59 Å². The summed E-state index contributed by atoms with van der Waals surface area (Å²) in [5.41, 5.74) is 4.37. The first-order valence-electron chi connectivity index (χ1n) is 24.2. The lowest BCUT2D eigenvalue weighted by molar-refractivity contribution is -0.139. The summed E-state index contributed by atoms with van der Waals surface area (Å²) in [4.78, 5) is 37.8. The average molecular weight is 872 g/mol. The molecule has 0 saturated heterocycles. The molecule has 0 aliphatic heterocycles. The summed E-state index contributed by atoms with van der Waals surface area (Å²) in [6, 6.07) is 14.8. The Morgan fingerprint density at radius 3 is 1.54 bits per heavy atom. The highest BCUT2D eigenvalue weighted by atomic mass is 35.5. The van der Waals surface area contributed by atoms with Crippen LogP contribution in [0.2, 0.25) is 0 Å². The van der Waals surface area contributed by atoms with Gasteiger partial charge in [-0.1, -0.05) is 204 Å². The summed E-state index contributed by atoms with van der Waals surface area (Å²) < 4.78 is 17.8. The van der Waals surface area contributed by atoms with Crippen LogP contribution in [-0.2, 0) is 23.8 Å². The maximum absolute atomic E-state index is 12.9. The van der Waals surface area contributed by atoms with Gasteiger partial charge in [0.2, 0.25) is 5.91 Å². The molecule has 3 rings (SSSR count). The molecule has 2 amide bonds. The second-order valence-corrected chi connectivity index (χ2v) is 17.0. The van der Waals surface area contributed by atoms with Crippen LogP contribution in [0.25, 0.3) is 11.1 Å². The normalized spacial score (nSPS) is 12.9. The number of nitrogens with one attached hydrogen (secondary N) is 2. The quantitative estimate of drug-likeness (QED) is 0.0574. The maximum Gasteiger partial charge on any atom is 0.407 e. The number of benzene rings is 2. The van der Waals surface area contributed by atoms with Crippen LogP contribution in [0, 0.1) is 0 Å². The zero-order valence-corrected chi connectivity index (χ0v) is 38.9. The zero-order valence-electron chi connectivity index (χ0n) is 38.1. The SMILES string of the molecule is CCCCCCCCCCCCCCOCC(CNC(=O)CC[C@H](NC(=O)OCC1c2ccccc2-c2ccccc21)C(=O)O)OCCCCCCCCCCCCCC.Cl. The number of amides is 2. The van der Waals surface area contributed by atoms with Crippen molar-refractivity contribution in [3.05, 3.63) is 59.7 Å². The van der Waals surface area contributed by atoms with E-state index in [-0.39, 0.29) is 56.3 Å². The number of halogens is 1. The number of unbranched alkanes of at least 4 members (excludes halogenated alkanes) is 22. The van der Waals surface area contributed by atoms with Crippen molar-refractivity contribution < 1.29 is 33.7 Å². The highest BCUT2D eigenvalue weighted by molar-refractivity contribution is 5.85. The van der Waals surface area contributed by atoms with Gasteiger partial charge in [0.15, 0.2) is 0 Å². The molecule has 0 bridgehead atoms. The number of fused-ring (bicyclic) bond motifs is 3. The van der Waals surface area contributed by atoms with Crippen LogP contribution >= 0.6 is 12.4 Å². The standard InChI is InChI=1S/C51H82N2O7.ClH/c1-3-5-7-9-11-13-15-17-19-21-23-29-37-58-40-42(59-38-30-24-22-20-18-16-14-12-10-8-6-4-2)39-52-49(54)36-35-48(50(55)56)53-51(57)60-41-47-45-33-27-25-31-43(45)44-32-26-28-34-46(44)47;/h25-28,31-34,42,47-48H,3-24,29-30,35-41H2,1-2H3,(H,52,54)(H,53,57)(H,55,56);1H/t42?,48-;/m0./s1. The molecule has 0 saturated carbocycles. The van der Waals surface area contributed by atoms with Gasteiger partial charge < -0.3 is 30.0 Å². The molecule has 0 heterocycles. The van der Waals surface area contributed by atoms with Crippen LogP contribution in [-0.4, -0.2) is 68.2 Å². The molecule has 1 aliphatic carbocycles. The number of ether oxygens (including phenoxy) is 3. The lowest BCUT2D eigenvalue weighted by atomic mass is 9.98. The van der Waals surface area contributed by atoms with Gasteiger partial charge in [-0.15, -0.1) is 12.4 Å². The predicted molar refractivity (Wildman–Crippen MR) is 252 cm³/mol. The molecule has 3 N–H and O–H groups in total. The van der Waals surface area contributed by atoms with Crippen molar-refractivity contribution in [2.24, 2.45) is 0 Å². The lowest BCUT2D eigenvalue weighted by Crippen LogP contribution is -2.43. The number of carbonyl (C=O) groups excluding carboxylic acids is 2. The number of rotatable bonds is 38. The maximum atomic E-state index is 12.9. The van der Waals surface area contributed by atoms with Gasteiger partial charge in [-0.2, -0.15) is 0 Å². The molecule has 10 heteroatoms. The smallest absolute Gasteiger partial charge is 0.407 e. The number of carboxylic acids is 1. The third-order valence-corrected chi connectivity index (χ3v) is 11.9. The second-order valence-electron chi connectivity index (χ2n) is 17.0. The number of carboxylic acid groups (broad SMARTS) is 1. The minimum Gasteiger partial charge on any atom is -0.480 e. The molecule has 0 spiro atoms. The van der Waals surface area contributed by atoms with Crippen molar-refractivity contribution in [1.29, 1.82) is 0 Å². The van der Waals surface area contributed by atoms with Crippen molar-refractivity contribution >= 4 is 30.4 Å². The van der Waals surface area contributed by atoms with Crippen LogP contribution in [0.5, 0.6) is 0 Å². The number of hydrogen-bond acceptors (Lipinski definition) is 6. The molecule has 1 unspecified atom stereocenters. The molecule has 0 fully saturated rings. The fourth-order valence-electron chi connectivity index (χ4n) is 8.25. The van der Waals surface area contributed by atoms with Gasteiger partial charge in [0, 0.05) is 32.1 Å². The van der Waals surface area contributed by atoms with Gasteiger partial charge in [0.05, 0.1) is 12.7 Å². The van der Waals surface area contributed by atoms with E-state index in [2.05, 4.69) is 36.6 Å². The summed E-state index contributed by atoms with van der Waals surface area (Å²) in [5.74, 6) is -1.65. The van der Waals surface area contributed by atoms with E-state index in [1.54, 1.807) is 0 Å². The van der Waals surface area contributed by atoms with Crippen molar-refractivity contribution in [1.82, 2.24) is 10.6 Å². The summed E-state index contributed by atoms with van der Waals surface area (Å²) >= 11 is 0. The van der Waals surface area contributed by atoms with Crippen molar-refractivity contribution in [3.63, 3.8) is 0 Å². The van der Waals surface area contributed by atoms with E-state index in [9.17, 15) is 19.5 Å². The summed E-state index contributed by atoms with van der Waals surface area (Å²) in [6.45, 7) is 6.58. The van der Waals surface area contributed by atoms with E-state index in [1.165, 1.54) is 128 Å². The highest BCUT2D eigenvalue weighted by Gasteiger charge is 2.30. The summed E-state index contributed by atoms with van der Waals surface area (Å²) in [5, 5.41) is 15.2. The van der Waals surface area contributed by atoms with Crippen LogP contribution in [0.4, 0.5) is 4.79 Å². The Labute approximate surface area is 376 Å². The van der Waals surface area contributed by atoms with E-state index in [0.717, 1.165) is 47.9 Å². The molecule has 1 aliphatic rings. The zero-order chi connectivity index (χ0) is 42.9. The Kier molecular flexibility index (Phi) is 31.3. The summed E-state index contributed by atoms with van der Waals surface area (Å²) in [7, 11) is 0. The van der Waals surface area contributed by atoms with Gasteiger partial charge in [0.1, 0.15) is 12.6 Å². The molecule has 346 valence electrons. The van der Waals surface area contributed by atoms with Gasteiger partial charge in [0.25, 0.3) is 0 Å². The molecule has 0 radical (unpaired) electrons. The third kappa shape index (κ3) is 23.8. The minimum absolute atomic E-state index is 0. The van der Waals surface area contributed by atoms with Crippen molar-refractivity contribution in [3.8, 4) is 11.1 Å². The lowest BCUT2D eigenvalue weighted by Gasteiger charge is -2.20. The van der Waals surface area contributed by atoms with Crippen molar-refractivity contribution in [2.45, 2.75) is 199 Å². The van der Waals surface area contributed by atoms with Gasteiger partial charge in [-0.05, 0) is 41.5 Å². The molecular formula is C51H83ClN2O7. The molecular weight excluding hydrogens is 788 g/mol. The minimum atomic E-state index is -1.26. The second kappa shape index (κ2) is 35.3. The topological polar surface area (TPSA) is 123 Å². The Morgan fingerprint density at radius 1 is 0.623 bits per heavy atom. The van der Waals surface area contributed by atoms with Gasteiger partial charge in [-0.3, -0.25) is 4.79 Å². The fraction of sp³-hybridized carbons (Fsp3) is 0.706. The summed E-state index contributed by atoms with van der Waals surface area (Å²) in [6.07, 6.45) is 29.7. The first kappa shape index (κ1) is 54.0. The first-order valence-corrected chi connectivity index (χ1v) is 24.2. The van der Waals surface area contributed by atoms with E-state index in [4.69, 9.17) is 14.2 Å². The highest BCUT2D eigenvalue weighted by Crippen LogP contribution is 2.44. The molecule has 2 aromatic rings. The van der Waals surface area contributed by atoms with Gasteiger partial charge >= 0.3 is 12.1 Å². The van der Waals surface area contributed by atoms with Crippen LogP contribution in [0.15, 0.2) is 48.5 Å². The number of carbonyl (C=O) groups is 3. The van der Waals surface area contributed by atoms with Crippen molar-refractivity contribution in [2.75, 3.05) is 33.0 Å². The monoisotopic (exact) mass is 871 g/mol. The van der Waals surface area contributed by atoms with Crippen LogP contribution in [0.3, 0.4) is 0 Å². The van der Waals surface area contributed by atoms with E-state index < -0.39 is 18.1 Å². The first-order chi connectivity index (χ1) is 29.4. The largest absolute Gasteiger partial charge is 0.480 e. The van der Waals surface area contributed by atoms with E-state index in [0.29, 0.717) is 19.8 Å². The van der Waals surface area contributed by atoms with Crippen LogP contribution in [0.1, 0.15) is 198 Å². The molecule has 2 aromatic carbocycles. The Balaban J connectivity index is 0.0000128. The Hall–Kier alpha value is -3.14. The number of hydrogen-bond donors (Lipinski definition) is 3. The number of alkyl carbamates (subject to hydrolysis) is 1. The molecule has 9 nitrogen and oxygen atoms in total. The van der Waals surface area contributed by atoms with E-state index >= 15 is 0 Å². The Bertz CT molecular complexity index is 1400. The average Bonchev–Trinajstić information content (AvgIpc) is 3.58. The van der Waals surface area contributed by atoms with E-state index in [1.807, 2.05) is 36.4 Å². The Morgan fingerprint density at radius 2 is 1.07 bits per heavy atom. The molecule has 2 atom stereocenters.